The molecule has 0 aliphatic heterocycles. The molecule has 1 aromatic heterocycles. The standard InChI is InChI=1S/C13H9ClFNO2/c1-7-4-11(14)10-6-9(15)5-8(13(10)16-7)2-3-12(17)18/h2-6H,1H3,(H,17,18)/b3-2+. The lowest BCUT2D eigenvalue weighted by molar-refractivity contribution is -0.131. The lowest BCUT2D eigenvalue weighted by Gasteiger charge is -2.05. The number of halogens is 2. The van der Waals surface area contributed by atoms with E-state index in [1.807, 2.05) is 0 Å². The molecule has 0 radical (unpaired) electrons. The fraction of sp³-hybridized carbons (Fsp3) is 0.0769. The summed E-state index contributed by atoms with van der Waals surface area (Å²) in [6, 6.07) is 4.14. The first-order valence-electron chi connectivity index (χ1n) is 5.15. The van der Waals surface area contributed by atoms with Crippen LogP contribution in [0.3, 0.4) is 0 Å². The summed E-state index contributed by atoms with van der Waals surface area (Å²) >= 11 is 6.02. The first-order chi connectivity index (χ1) is 8.47. The summed E-state index contributed by atoms with van der Waals surface area (Å²) in [5.41, 5.74) is 1.56. The van der Waals surface area contributed by atoms with Gasteiger partial charge in [0.1, 0.15) is 5.82 Å². The second kappa shape index (κ2) is 4.74. The van der Waals surface area contributed by atoms with E-state index in [0.29, 0.717) is 27.2 Å². The molecule has 1 aromatic carbocycles. The molecule has 0 saturated heterocycles. The fourth-order valence-electron chi connectivity index (χ4n) is 1.69. The van der Waals surface area contributed by atoms with Gasteiger partial charge in [0.05, 0.1) is 10.5 Å². The Morgan fingerprint density at radius 3 is 2.83 bits per heavy atom. The maximum Gasteiger partial charge on any atom is 0.328 e. The van der Waals surface area contributed by atoms with Crippen molar-refractivity contribution in [3.05, 3.63) is 46.4 Å². The van der Waals surface area contributed by atoms with Gasteiger partial charge in [-0.1, -0.05) is 11.6 Å². The van der Waals surface area contributed by atoms with Crippen LogP contribution in [0.25, 0.3) is 17.0 Å². The van der Waals surface area contributed by atoms with Crippen LogP contribution in [0.15, 0.2) is 24.3 Å². The second-order valence-corrected chi connectivity index (χ2v) is 4.22. The molecule has 0 aliphatic carbocycles. The van der Waals surface area contributed by atoms with Crippen LogP contribution < -0.4 is 0 Å². The van der Waals surface area contributed by atoms with E-state index >= 15 is 0 Å². The lowest BCUT2D eigenvalue weighted by atomic mass is 10.1. The monoisotopic (exact) mass is 265 g/mol. The summed E-state index contributed by atoms with van der Waals surface area (Å²) in [6.07, 6.45) is 2.24. The second-order valence-electron chi connectivity index (χ2n) is 3.81. The lowest BCUT2D eigenvalue weighted by Crippen LogP contribution is -1.91. The number of carboxylic acids is 1. The fourth-order valence-corrected chi connectivity index (χ4v) is 1.99. The topological polar surface area (TPSA) is 50.2 Å². The number of pyridine rings is 1. The van der Waals surface area contributed by atoms with Gasteiger partial charge in [0.15, 0.2) is 0 Å². The first kappa shape index (κ1) is 12.5. The van der Waals surface area contributed by atoms with Crippen LogP contribution in [0.1, 0.15) is 11.3 Å². The maximum atomic E-state index is 13.4. The zero-order valence-corrected chi connectivity index (χ0v) is 10.2. The van der Waals surface area contributed by atoms with E-state index in [1.54, 1.807) is 13.0 Å². The average Bonchev–Trinajstić information content (AvgIpc) is 2.27. The molecule has 92 valence electrons. The van der Waals surface area contributed by atoms with Gasteiger partial charge in [-0.3, -0.25) is 4.98 Å². The maximum absolute atomic E-state index is 13.4. The Labute approximate surface area is 108 Å². The highest BCUT2D eigenvalue weighted by molar-refractivity contribution is 6.35. The zero-order chi connectivity index (χ0) is 13.3. The number of benzene rings is 1. The van der Waals surface area contributed by atoms with E-state index in [0.717, 1.165) is 6.08 Å². The molecule has 0 spiro atoms. The van der Waals surface area contributed by atoms with Crippen molar-refractivity contribution in [1.29, 1.82) is 0 Å². The van der Waals surface area contributed by atoms with Gasteiger partial charge >= 0.3 is 5.97 Å². The Hall–Kier alpha value is -1.94. The third-order valence-electron chi connectivity index (χ3n) is 2.39. The van der Waals surface area contributed by atoms with Crippen LogP contribution in [0.4, 0.5) is 4.39 Å². The number of carbonyl (C=O) groups is 1. The van der Waals surface area contributed by atoms with Crippen LogP contribution >= 0.6 is 11.6 Å². The number of fused-ring (bicyclic) bond motifs is 1. The molecule has 3 nitrogen and oxygen atoms in total. The Kier molecular flexibility index (Phi) is 3.30. The molecule has 18 heavy (non-hydrogen) atoms. The molecule has 0 atom stereocenters. The van der Waals surface area contributed by atoms with Gasteiger partial charge in [-0.2, -0.15) is 0 Å². The third kappa shape index (κ3) is 2.49. The van der Waals surface area contributed by atoms with Crippen LogP contribution in [-0.2, 0) is 4.79 Å². The molecular weight excluding hydrogens is 257 g/mol. The molecule has 2 rings (SSSR count). The molecule has 0 fully saturated rings. The number of rotatable bonds is 2. The normalized spacial score (nSPS) is 11.3. The van der Waals surface area contributed by atoms with E-state index in [9.17, 15) is 9.18 Å². The first-order valence-corrected chi connectivity index (χ1v) is 5.52. The largest absolute Gasteiger partial charge is 0.478 e. The number of nitrogens with zero attached hydrogens (tertiary/aromatic N) is 1. The van der Waals surface area contributed by atoms with Crippen LogP contribution in [0.2, 0.25) is 5.02 Å². The minimum atomic E-state index is -1.11. The average molecular weight is 266 g/mol. The summed E-state index contributed by atoms with van der Waals surface area (Å²) in [5.74, 6) is -1.59. The molecule has 0 bridgehead atoms. The predicted molar refractivity (Wildman–Crippen MR) is 68.1 cm³/mol. The Bertz CT molecular complexity index is 668. The van der Waals surface area contributed by atoms with Gasteiger partial charge in [0, 0.05) is 22.7 Å². The molecule has 0 amide bonds. The SMILES string of the molecule is Cc1cc(Cl)c2cc(F)cc(/C=C/C(=O)O)c2n1. The Morgan fingerprint density at radius 1 is 1.44 bits per heavy atom. The molecule has 5 heteroatoms. The van der Waals surface area contributed by atoms with Crippen molar-refractivity contribution in [2.24, 2.45) is 0 Å². The smallest absolute Gasteiger partial charge is 0.328 e. The van der Waals surface area contributed by atoms with Crippen molar-refractivity contribution in [1.82, 2.24) is 4.98 Å². The van der Waals surface area contributed by atoms with E-state index in [2.05, 4.69) is 4.98 Å². The van der Waals surface area contributed by atoms with Gasteiger partial charge in [-0.25, -0.2) is 9.18 Å². The highest BCUT2D eigenvalue weighted by atomic mass is 35.5. The molecule has 0 unspecified atom stereocenters. The number of aryl methyl sites for hydroxylation is 1. The predicted octanol–water partition coefficient (Wildman–Crippen LogP) is 3.43. The molecular formula is C13H9ClFNO2. The van der Waals surface area contributed by atoms with Crippen LogP contribution in [-0.4, -0.2) is 16.1 Å². The van der Waals surface area contributed by atoms with Gasteiger partial charge in [0.2, 0.25) is 0 Å². The van der Waals surface area contributed by atoms with Crippen molar-refractivity contribution < 1.29 is 14.3 Å². The van der Waals surface area contributed by atoms with Crippen molar-refractivity contribution in [2.75, 3.05) is 0 Å². The van der Waals surface area contributed by atoms with Crippen molar-refractivity contribution in [3.8, 4) is 0 Å². The van der Waals surface area contributed by atoms with E-state index in [1.165, 1.54) is 18.2 Å². The van der Waals surface area contributed by atoms with E-state index < -0.39 is 11.8 Å². The molecule has 2 aromatic rings. The van der Waals surface area contributed by atoms with Crippen LogP contribution in [0.5, 0.6) is 0 Å². The summed E-state index contributed by atoms with van der Waals surface area (Å²) < 4.78 is 13.4. The summed E-state index contributed by atoms with van der Waals surface area (Å²) in [7, 11) is 0. The number of hydrogen-bond donors (Lipinski definition) is 1. The third-order valence-corrected chi connectivity index (χ3v) is 2.70. The summed E-state index contributed by atoms with van der Waals surface area (Å²) in [6.45, 7) is 1.76. The van der Waals surface area contributed by atoms with Crippen molar-refractivity contribution in [3.63, 3.8) is 0 Å². The van der Waals surface area contributed by atoms with Gasteiger partial charge in [-0.15, -0.1) is 0 Å². The van der Waals surface area contributed by atoms with Gasteiger partial charge in [0.25, 0.3) is 0 Å². The highest BCUT2D eigenvalue weighted by Gasteiger charge is 2.08. The summed E-state index contributed by atoms with van der Waals surface area (Å²) in [4.78, 5) is 14.8. The minimum absolute atomic E-state index is 0.387. The Morgan fingerprint density at radius 2 is 2.17 bits per heavy atom. The van der Waals surface area contributed by atoms with Crippen molar-refractivity contribution >= 4 is 34.5 Å². The van der Waals surface area contributed by atoms with Gasteiger partial charge in [-0.05, 0) is 31.2 Å². The van der Waals surface area contributed by atoms with Gasteiger partial charge < -0.3 is 5.11 Å². The zero-order valence-electron chi connectivity index (χ0n) is 9.45. The van der Waals surface area contributed by atoms with E-state index in [4.69, 9.17) is 16.7 Å². The number of aliphatic carboxylic acids is 1. The minimum Gasteiger partial charge on any atom is -0.478 e. The Balaban J connectivity index is 2.75. The molecule has 1 N–H and O–H groups in total. The quantitative estimate of drug-likeness (QED) is 0.847. The van der Waals surface area contributed by atoms with Crippen LogP contribution in [0, 0.1) is 12.7 Å². The number of aromatic nitrogens is 1. The number of hydrogen-bond acceptors (Lipinski definition) is 2. The molecule has 0 aliphatic rings. The molecule has 0 saturated carbocycles. The van der Waals surface area contributed by atoms with Crippen molar-refractivity contribution in [2.45, 2.75) is 6.92 Å². The summed E-state index contributed by atoms with van der Waals surface area (Å²) in [5, 5.41) is 9.45. The molecule has 1 heterocycles. The van der Waals surface area contributed by atoms with E-state index in [-0.39, 0.29) is 0 Å². The number of carboxylic acid groups (broad SMARTS) is 1. The highest BCUT2D eigenvalue weighted by Crippen LogP contribution is 2.27.